The molecular formula is C19H32N4O3. The standard InChI is InChI=1S/C17H26N4O3.C2H6/c22-14-13-18-9-11-20(12-10-18)16-5-7-19(8-6-16)15-1-3-17(4-2-15)21(23)24;1-2/h1-4,16,22H,5-14H2;1-2H3. The summed E-state index contributed by atoms with van der Waals surface area (Å²) in [5.74, 6) is 0. The maximum Gasteiger partial charge on any atom is 0.269 e. The predicted molar refractivity (Wildman–Crippen MR) is 105 cm³/mol. The molecule has 7 nitrogen and oxygen atoms in total. The van der Waals surface area contributed by atoms with Crippen LogP contribution in [-0.4, -0.2) is 78.3 Å². The Labute approximate surface area is 156 Å². The average Bonchev–Trinajstić information content (AvgIpc) is 2.71. The van der Waals surface area contributed by atoms with Gasteiger partial charge in [-0.1, -0.05) is 13.8 Å². The Bertz CT molecular complexity index is 536. The van der Waals surface area contributed by atoms with Gasteiger partial charge < -0.3 is 10.0 Å². The second-order valence-electron chi connectivity index (χ2n) is 6.59. The van der Waals surface area contributed by atoms with Gasteiger partial charge in [-0.15, -0.1) is 0 Å². The second kappa shape index (κ2) is 10.4. The third kappa shape index (κ3) is 5.40. The van der Waals surface area contributed by atoms with Gasteiger partial charge >= 0.3 is 0 Å². The van der Waals surface area contributed by atoms with Gasteiger partial charge in [0, 0.05) is 69.7 Å². The fraction of sp³-hybridized carbons (Fsp3) is 0.684. The molecule has 0 radical (unpaired) electrons. The number of aliphatic hydroxyl groups excluding tert-OH is 1. The minimum absolute atomic E-state index is 0.148. The van der Waals surface area contributed by atoms with E-state index in [-0.39, 0.29) is 17.2 Å². The first-order valence-corrected chi connectivity index (χ1v) is 9.74. The average molecular weight is 364 g/mol. The van der Waals surface area contributed by atoms with Crippen molar-refractivity contribution in [3.8, 4) is 0 Å². The molecule has 2 fully saturated rings. The summed E-state index contributed by atoms with van der Waals surface area (Å²) >= 11 is 0. The van der Waals surface area contributed by atoms with Crippen LogP contribution in [0.25, 0.3) is 0 Å². The highest BCUT2D eigenvalue weighted by atomic mass is 16.6. The molecule has 2 aliphatic rings. The summed E-state index contributed by atoms with van der Waals surface area (Å²) in [6.45, 7) is 11.3. The lowest BCUT2D eigenvalue weighted by Crippen LogP contribution is -2.53. The van der Waals surface area contributed by atoms with Gasteiger partial charge in [-0.2, -0.15) is 0 Å². The van der Waals surface area contributed by atoms with Crippen molar-refractivity contribution in [3.05, 3.63) is 34.4 Å². The normalized spacial score (nSPS) is 19.7. The summed E-state index contributed by atoms with van der Waals surface area (Å²) in [6.07, 6.45) is 2.27. The van der Waals surface area contributed by atoms with Crippen molar-refractivity contribution < 1.29 is 10.0 Å². The van der Waals surface area contributed by atoms with E-state index in [1.54, 1.807) is 12.1 Å². The van der Waals surface area contributed by atoms with Crippen LogP contribution in [0, 0.1) is 10.1 Å². The van der Waals surface area contributed by atoms with E-state index in [0.717, 1.165) is 64.3 Å². The summed E-state index contributed by atoms with van der Waals surface area (Å²) in [5, 5.41) is 19.8. The van der Waals surface area contributed by atoms with E-state index in [4.69, 9.17) is 5.11 Å². The van der Waals surface area contributed by atoms with Gasteiger partial charge in [-0.3, -0.25) is 19.9 Å². The van der Waals surface area contributed by atoms with E-state index in [2.05, 4.69) is 14.7 Å². The van der Waals surface area contributed by atoms with Crippen LogP contribution >= 0.6 is 0 Å². The number of anilines is 1. The van der Waals surface area contributed by atoms with Crippen LogP contribution in [0.15, 0.2) is 24.3 Å². The number of nitro benzene ring substituents is 1. The third-order valence-corrected chi connectivity index (χ3v) is 5.23. The highest BCUT2D eigenvalue weighted by molar-refractivity contribution is 5.51. The minimum Gasteiger partial charge on any atom is -0.395 e. The molecule has 2 aliphatic heterocycles. The second-order valence-corrected chi connectivity index (χ2v) is 6.59. The van der Waals surface area contributed by atoms with Crippen LogP contribution in [0.1, 0.15) is 26.7 Å². The number of aliphatic hydroxyl groups is 1. The van der Waals surface area contributed by atoms with Crippen LogP contribution in [0.2, 0.25) is 0 Å². The van der Waals surface area contributed by atoms with Crippen molar-refractivity contribution in [3.63, 3.8) is 0 Å². The molecule has 0 bridgehead atoms. The van der Waals surface area contributed by atoms with Crippen molar-refractivity contribution >= 4 is 11.4 Å². The molecule has 0 unspecified atom stereocenters. The monoisotopic (exact) mass is 364 g/mol. The van der Waals surface area contributed by atoms with Crippen molar-refractivity contribution in [2.75, 3.05) is 57.3 Å². The Morgan fingerprint density at radius 3 is 2.12 bits per heavy atom. The van der Waals surface area contributed by atoms with Gasteiger partial charge in [0.15, 0.2) is 0 Å². The molecule has 0 spiro atoms. The number of β-amino-alcohol motifs (C(OH)–C–C–N with tert-alkyl or cyclic N) is 1. The zero-order valence-corrected chi connectivity index (χ0v) is 16.0. The maximum absolute atomic E-state index is 10.7. The molecule has 1 aromatic carbocycles. The van der Waals surface area contributed by atoms with E-state index in [0.29, 0.717) is 6.04 Å². The maximum atomic E-state index is 10.7. The Balaban J connectivity index is 0.00000117. The Morgan fingerprint density at radius 2 is 1.62 bits per heavy atom. The minimum atomic E-state index is -0.355. The molecular weight excluding hydrogens is 332 g/mol. The molecule has 0 atom stereocenters. The van der Waals surface area contributed by atoms with Crippen LogP contribution < -0.4 is 4.90 Å². The first kappa shape index (κ1) is 20.6. The first-order valence-electron chi connectivity index (χ1n) is 9.74. The summed E-state index contributed by atoms with van der Waals surface area (Å²) < 4.78 is 0. The summed E-state index contributed by atoms with van der Waals surface area (Å²) in [4.78, 5) is 17.6. The fourth-order valence-corrected chi connectivity index (χ4v) is 3.77. The SMILES string of the molecule is CC.O=[N+]([O-])c1ccc(N2CCC(N3CCN(CCO)CC3)CC2)cc1. The highest BCUT2D eigenvalue weighted by Gasteiger charge is 2.27. The molecule has 1 N–H and O–H groups in total. The quantitative estimate of drug-likeness (QED) is 0.638. The third-order valence-electron chi connectivity index (χ3n) is 5.23. The Hall–Kier alpha value is -1.70. The van der Waals surface area contributed by atoms with Gasteiger partial charge in [0.1, 0.15) is 0 Å². The van der Waals surface area contributed by atoms with Gasteiger partial charge in [0.05, 0.1) is 11.5 Å². The van der Waals surface area contributed by atoms with Crippen molar-refractivity contribution in [1.82, 2.24) is 9.80 Å². The molecule has 0 saturated carbocycles. The van der Waals surface area contributed by atoms with Crippen LogP contribution in [0.4, 0.5) is 11.4 Å². The van der Waals surface area contributed by atoms with E-state index in [1.165, 1.54) is 0 Å². The number of hydrogen-bond donors (Lipinski definition) is 1. The fourth-order valence-electron chi connectivity index (χ4n) is 3.77. The zero-order chi connectivity index (χ0) is 18.9. The molecule has 26 heavy (non-hydrogen) atoms. The number of nitrogens with zero attached hydrogens (tertiary/aromatic N) is 4. The highest BCUT2D eigenvalue weighted by Crippen LogP contribution is 2.25. The van der Waals surface area contributed by atoms with Gasteiger partial charge in [-0.25, -0.2) is 0 Å². The van der Waals surface area contributed by atoms with Crippen LogP contribution in [-0.2, 0) is 0 Å². The molecule has 1 aromatic rings. The molecule has 2 saturated heterocycles. The van der Waals surface area contributed by atoms with E-state index < -0.39 is 0 Å². The van der Waals surface area contributed by atoms with Crippen LogP contribution in [0.5, 0.6) is 0 Å². The summed E-state index contributed by atoms with van der Waals surface area (Å²) in [5.41, 5.74) is 1.22. The number of hydrogen-bond acceptors (Lipinski definition) is 6. The topological polar surface area (TPSA) is 73.1 Å². The van der Waals surface area contributed by atoms with Crippen LogP contribution in [0.3, 0.4) is 0 Å². The lowest BCUT2D eigenvalue weighted by Gasteiger charge is -2.43. The molecule has 0 aromatic heterocycles. The molecule has 0 amide bonds. The number of benzene rings is 1. The van der Waals surface area contributed by atoms with E-state index >= 15 is 0 Å². The number of piperidine rings is 1. The Kier molecular flexibility index (Phi) is 8.28. The predicted octanol–water partition coefficient (Wildman–Crippen LogP) is 2.20. The molecule has 0 aliphatic carbocycles. The molecule has 7 heteroatoms. The van der Waals surface area contributed by atoms with Crippen molar-refractivity contribution in [2.45, 2.75) is 32.7 Å². The van der Waals surface area contributed by atoms with Crippen molar-refractivity contribution in [2.24, 2.45) is 0 Å². The zero-order valence-electron chi connectivity index (χ0n) is 16.0. The lowest BCUT2D eigenvalue weighted by molar-refractivity contribution is -0.384. The summed E-state index contributed by atoms with van der Waals surface area (Å²) in [6, 6.07) is 7.51. The largest absolute Gasteiger partial charge is 0.395 e. The van der Waals surface area contributed by atoms with Gasteiger partial charge in [0.2, 0.25) is 0 Å². The van der Waals surface area contributed by atoms with Gasteiger partial charge in [-0.05, 0) is 25.0 Å². The molecule has 2 heterocycles. The lowest BCUT2D eigenvalue weighted by atomic mass is 10.0. The number of piperazine rings is 1. The number of rotatable bonds is 5. The number of non-ortho nitro benzene ring substituents is 1. The van der Waals surface area contributed by atoms with Crippen molar-refractivity contribution in [1.29, 1.82) is 0 Å². The smallest absolute Gasteiger partial charge is 0.269 e. The first-order chi connectivity index (χ1) is 12.7. The molecule has 146 valence electrons. The van der Waals surface area contributed by atoms with E-state index in [9.17, 15) is 10.1 Å². The van der Waals surface area contributed by atoms with Gasteiger partial charge in [0.25, 0.3) is 5.69 Å². The van der Waals surface area contributed by atoms with E-state index in [1.807, 2.05) is 26.0 Å². The molecule has 3 rings (SSSR count). The Morgan fingerprint density at radius 1 is 1.04 bits per heavy atom. The number of nitro groups is 1. The summed E-state index contributed by atoms with van der Waals surface area (Å²) in [7, 11) is 0.